The number of para-hydroxylation sites is 1. The van der Waals surface area contributed by atoms with Crippen molar-refractivity contribution in [1.29, 1.82) is 0 Å². The van der Waals surface area contributed by atoms with Gasteiger partial charge in [0.25, 0.3) is 5.91 Å². The summed E-state index contributed by atoms with van der Waals surface area (Å²) < 4.78 is 5.85. The lowest BCUT2D eigenvalue weighted by Gasteiger charge is -2.22. The lowest BCUT2D eigenvalue weighted by atomic mass is 10.1. The van der Waals surface area contributed by atoms with Gasteiger partial charge < -0.3 is 15.0 Å². The molecule has 0 saturated carbocycles. The zero-order valence-electron chi connectivity index (χ0n) is 15.3. The number of nitrogens with zero attached hydrogens (tertiary/aromatic N) is 1. The first-order chi connectivity index (χ1) is 13.0. The van der Waals surface area contributed by atoms with E-state index < -0.39 is 0 Å². The van der Waals surface area contributed by atoms with Gasteiger partial charge in [-0.25, -0.2) is 0 Å². The molecule has 2 aromatic carbocycles. The van der Waals surface area contributed by atoms with Crippen LogP contribution in [0.25, 0.3) is 0 Å². The first kappa shape index (κ1) is 19.2. The Morgan fingerprint density at radius 1 is 1.22 bits per heavy atom. The van der Waals surface area contributed by atoms with E-state index >= 15 is 0 Å². The summed E-state index contributed by atoms with van der Waals surface area (Å²) in [6.45, 7) is 3.54. The number of benzene rings is 2. The highest BCUT2D eigenvalue weighted by molar-refractivity contribution is 6.30. The Balaban J connectivity index is 1.61. The van der Waals surface area contributed by atoms with Crippen molar-refractivity contribution in [2.45, 2.75) is 32.4 Å². The van der Waals surface area contributed by atoms with E-state index in [0.29, 0.717) is 35.9 Å². The maximum Gasteiger partial charge on any atom is 0.255 e. The van der Waals surface area contributed by atoms with Crippen molar-refractivity contribution in [2.75, 3.05) is 13.1 Å². The standard InChI is InChI=1S/C21H23ClN2O3/c1-15(13-24-12-4-7-20(24)25)23-21(26)18-5-2-3-6-19(18)27-14-16-8-10-17(22)11-9-16/h2-3,5-6,8-11,15H,4,7,12-14H2,1H3,(H,23,26). The first-order valence-electron chi connectivity index (χ1n) is 9.08. The third kappa shape index (κ3) is 5.23. The summed E-state index contributed by atoms with van der Waals surface area (Å²) in [4.78, 5) is 26.2. The summed E-state index contributed by atoms with van der Waals surface area (Å²) in [5.41, 5.74) is 1.45. The van der Waals surface area contributed by atoms with Gasteiger partial charge in [0.1, 0.15) is 12.4 Å². The Labute approximate surface area is 164 Å². The number of halogens is 1. The fourth-order valence-electron chi connectivity index (χ4n) is 3.10. The molecule has 5 nitrogen and oxygen atoms in total. The van der Waals surface area contributed by atoms with E-state index in [2.05, 4.69) is 5.32 Å². The van der Waals surface area contributed by atoms with Crippen LogP contribution >= 0.6 is 11.6 Å². The van der Waals surface area contributed by atoms with Gasteiger partial charge in [-0.1, -0.05) is 35.9 Å². The molecule has 1 unspecified atom stereocenters. The SMILES string of the molecule is CC(CN1CCCC1=O)NC(=O)c1ccccc1OCc1ccc(Cl)cc1. The highest BCUT2D eigenvalue weighted by Gasteiger charge is 2.23. The van der Waals surface area contributed by atoms with Crippen LogP contribution in [-0.4, -0.2) is 35.8 Å². The van der Waals surface area contributed by atoms with Gasteiger partial charge in [-0.3, -0.25) is 9.59 Å². The molecule has 1 heterocycles. The molecule has 1 N–H and O–H groups in total. The molecule has 0 aliphatic carbocycles. The number of carbonyl (C=O) groups excluding carboxylic acids is 2. The second-order valence-electron chi connectivity index (χ2n) is 6.73. The fraction of sp³-hybridized carbons (Fsp3) is 0.333. The number of ether oxygens (including phenoxy) is 1. The van der Waals surface area contributed by atoms with Crippen LogP contribution in [0.3, 0.4) is 0 Å². The Morgan fingerprint density at radius 2 is 1.96 bits per heavy atom. The molecule has 1 saturated heterocycles. The van der Waals surface area contributed by atoms with Crippen molar-refractivity contribution in [3.63, 3.8) is 0 Å². The van der Waals surface area contributed by atoms with Gasteiger partial charge in [0.15, 0.2) is 0 Å². The summed E-state index contributed by atoms with van der Waals surface area (Å²) in [6.07, 6.45) is 1.49. The second kappa shape index (κ2) is 8.91. The van der Waals surface area contributed by atoms with Crippen molar-refractivity contribution in [2.24, 2.45) is 0 Å². The van der Waals surface area contributed by atoms with Crippen LogP contribution in [0.15, 0.2) is 48.5 Å². The Bertz CT molecular complexity index is 807. The zero-order chi connectivity index (χ0) is 19.2. The topological polar surface area (TPSA) is 58.6 Å². The molecule has 2 aromatic rings. The average Bonchev–Trinajstić information content (AvgIpc) is 3.06. The molecule has 0 spiro atoms. The molecule has 27 heavy (non-hydrogen) atoms. The van der Waals surface area contributed by atoms with Crippen LogP contribution in [0.4, 0.5) is 0 Å². The highest BCUT2D eigenvalue weighted by Crippen LogP contribution is 2.20. The Hall–Kier alpha value is -2.53. The molecule has 3 rings (SSSR count). The van der Waals surface area contributed by atoms with E-state index in [1.807, 2.05) is 25.1 Å². The number of amides is 2. The van der Waals surface area contributed by atoms with Gasteiger partial charge in [-0.15, -0.1) is 0 Å². The minimum Gasteiger partial charge on any atom is -0.488 e. The lowest BCUT2D eigenvalue weighted by molar-refractivity contribution is -0.127. The molecular weight excluding hydrogens is 364 g/mol. The second-order valence-corrected chi connectivity index (χ2v) is 7.17. The quantitative estimate of drug-likeness (QED) is 0.790. The monoisotopic (exact) mass is 386 g/mol. The molecule has 6 heteroatoms. The Kier molecular flexibility index (Phi) is 6.35. The predicted molar refractivity (Wildman–Crippen MR) is 105 cm³/mol. The van der Waals surface area contributed by atoms with Gasteiger partial charge >= 0.3 is 0 Å². The zero-order valence-corrected chi connectivity index (χ0v) is 16.0. The van der Waals surface area contributed by atoms with Crippen LogP contribution < -0.4 is 10.1 Å². The molecule has 0 bridgehead atoms. The maximum atomic E-state index is 12.7. The van der Waals surface area contributed by atoms with Crippen LogP contribution in [0.1, 0.15) is 35.7 Å². The molecule has 1 aliphatic heterocycles. The molecule has 0 radical (unpaired) electrons. The molecule has 1 fully saturated rings. The van der Waals surface area contributed by atoms with Gasteiger partial charge in [0, 0.05) is 30.6 Å². The van der Waals surface area contributed by atoms with E-state index in [-0.39, 0.29) is 17.9 Å². The van der Waals surface area contributed by atoms with Gasteiger partial charge in [0.2, 0.25) is 5.91 Å². The Morgan fingerprint density at radius 3 is 2.67 bits per heavy atom. The maximum absolute atomic E-state index is 12.7. The fourth-order valence-corrected chi connectivity index (χ4v) is 3.22. The van der Waals surface area contributed by atoms with E-state index in [0.717, 1.165) is 18.5 Å². The minimum atomic E-state index is -0.208. The summed E-state index contributed by atoms with van der Waals surface area (Å²) >= 11 is 5.90. The van der Waals surface area contributed by atoms with Crippen LogP contribution in [-0.2, 0) is 11.4 Å². The van der Waals surface area contributed by atoms with Crippen molar-refractivity contribution in [1.82, 2.24) is 10.2 Å². The van der Waals surface area contributed by atoms with Gasteiger partial charge in [-0.05, 0) is 43.2 Å². The van der Waals surface area contributed by atoms with Crippen molar-refractivity contribution >= 4 is 23.4 Å². The van der Waals surface area contributed by atoms with Crippen LogP contribution in [0.2, 0.25) is 5.02 Å². The number of rotatable bonds is 7. The smallest absolute Gasteiger partial charge is 0.255 e. The first-order valence-corrected chi connectivity index (χ1v) is 9.45. The number of carbonyl (C=O) groups is 2. The highest BCUT2D eigenvalue weighted by atomic mass is 35.5. The van der Waals surface area contributed by atoms with Gasteiger partial charge in [-0.2, -0.15) is 0 Å². The molecular formula is C21H23ClN2O3. The van der Waals surface area contributed by atoms with E-state index in [1.54, 1.807) is 35.2 Å². The molecule has 2 amide bonds. The predicted octanol–water partition coefficient (Wildman–Crippen LogP) is 3.66. The van der Waals surface area contributed by atoms with Crippen LogP contribution in [0, 0.1) is 0 Å². The normalized spacial score (nSPS) is 14.9. The van der Waals surface area contributed by atoms with E-state index in [1.165, 1.54) is 0 Å². The minimum absolute atomic E-state index is 0.135. The largest absolute Gasteiger partial charge is 0.488 e. The van der Waals surface area contributed by atoms with Crippen LogP contribution in [0.5, 0.6) is 5.75 Å². The molecule has 142 valence electrons. The number of nitrogens with one attached hydrogen (secondary N) is 1. The van der Waals surface area contributed by atoms with E-state index in [9.17, 15) is 9.59 Å². The molecule has 1 aliphatic rings. The van der Waals surface area contributed by atoms with Crippen molar-refractivity contribution in [3.8, 4) is 5.75 Å². The summed E-state index contributed by atoms with van der Waals surface area (Å²) in [7, 11) is 0. The number of likely N-dealkylation sites (tertiary alicyclic amines) is 1. The number of hydrogen-bond donors (Lipinski definition) is 1. The third-order valence-corrected chi connectivity index (χ3v) is 4.73. The molecule has 1 atom stereocenters. The summed E-state index contributed by atoms with van der Waals surface area (Å²) in [6, 6.07) is 14.4. The average molecular weight is 387 g/mol. The lowest BCUT2D eigenvalue weighted by Crippen LogP contribution is -2.42. The van der Waals surface area contributed by atoms with Crippen molar-refractivity contribution in [3.05, 3.63) is 64.7 Å². The van der Waals surface area contributed by atoms with Gasteiger partial charge in [0.05, 0.1) is 5.56 Å². The summed E-state index contributed by atoms with van der Waals surface area (Å²) in [5.74, 6) is 0.470. The van der Waals surface area contributed by atoms with E-state index in [4.69, 9.17) is 16.3 Å². The summed E-state index contributed by atoms with van der Waals surface area (Å²) in [5, 5.41) is 3.63. The third-order valence-electron chi connectivity index (χ3n) is 4.48. The van der Waals surface area contributed by atoms with Crippen molar-refractivity contribution < 1.29 is 14.3 Å². The molecule has 0 aromatic heterocycles. The number of hydrogen-bond acceptors (Lipinski definition) is 3.